The Kier molecular flexibility index (Phi) is 4.03. The predicted octanol–water partition coefficient (Wildman–Crippen LogP) is 4.50. The van der Waals surface area contributed by atoms with Crippen LogP contribution in [0, 0.1) is 24.7 Å². The molecule has 0 spiro atoms. The van der Waals surface area contributed by atoms with E-state index in [1.165, 1.54) is 19.3 Å². The van der Waals surface area contributed by atoms with E-state index in [9.17, 15) is 4.79 Å². The number of carbonyl (C=O) groups is 1. The van der Waals surface area contributed by atoms with Gasteiger partial charge in [-0.3, -0.25) is 4.79 Å². The molecule has 1 aromatic rings. The van der Waals surface area contributed by atoms with Crippen LogP contribution in [0.15, 0.2) is 18.2 Å². The van der Waals surface area contributed by atoms with Gasteiger partial charge in [-0.1, -0.05) is 17.7 Å². The maximum atomic E-state index is 12.7. The highest BCUT2D eigenvalue weighted by molar-refractivity contribution is 6.32. The minimum absolute atomic E-state index is 0.00507. The lowest BCUT2D eigenvalue weighted by Crippen LogP contribution is -2.61. The number of amides is 1. The molecule has 4 aliphatic carbocycles. The van der Waals surface area contributed by atoms with E-state index in [4.69, 9.17) is 16.3 Å². The van der Waals surface area contributed by atoms with Gasteiger partial charge >= 0.3 is 0 Å². The summed E-state index contributed by atoms with van der Waals surface area (Å²) in [6.45, 7) is 3.80. The van der Waals surface area contributed by atoms with Gasteiger partial charge in [-0.05, 0) is 87.8 Å². The van der Waals surface area contributed by atoms with Crippen LogP contribution in [0.2, 0.25) is 5.02 Å². The van der Waals surface area contributed by atoms with E-state index in [0.29, 0.717) is 10.8 Å². The lowest BCUT2D eigenvalue weighted by Gasteiger charge is -2.57. The zero-order valence-corrected chi connectivity index (χ0v) is 15.2. The highest BCUT2D eigenvalue weighted by atomic mass is 35.5. The van der Waals surface area contributed by atoms with Crippen LogP contribution in [0.1, 0.15) is 51.0 Å². The van der Waals surface area contributed by atoms with E-state index in [0.717, 1.165) is 42.6 Å². The summed E-state index contributed by atoms with van der Waals surface area (Å²) in [6, 6.07) is 5.64. The van der Waals surface area contributed by atoms with Crippen molar-refractivity contribution in [3.63, 3.8) is 0 Å². The number of hydrogen-bond donors (Lipinski definition) is 1. The van der Waals surface area contributed by atoms with Crippen LogP contribution in [-0.2, 0) is 4.79 Å². The normalized spacial score (nSPS) is 34.9. The Balaban J connectivity index is 1.43. The molecule has 1 unspecified atom stereocenters. The van der Waals surface area contributed by atoms with E-state index in [2.05, 4.69) is 5.32 Å². The van der Waals surface area contributed by atoms with E-state index in [1.807, 2.05) is 32.0 Å². The molecule has 4 fully saturated rings. The molecule has 3 nitrogen and oxygen atoms in total. The van der Waals surface area contributed by atoms with Gasteiger partial charge < -0.3 is 10.1 Å². The molecule has 5 rings (SSSR count). The molecular formula is C20H26ClNO2. The van der Waals surface area contributed by atoms with Gasteiger partial charge in [0.15, 0.2) is 6.10 Å². The van der Waals surface area contributed by atoms with Crippen LogP contribution in [-0.4, -0.2) is 17.6 Å². The number of halogens is 1. The number of rotatable bonds is 4. The van der Waals surface area contributed by atoms with Crippen LogP contribution < -0.4 is 10.1 Å². The molecule has 1 aromatic carbocycles. The molecule has 0 aromatic heterocycles. The Morgan fingerprint density at radius 2 is 1.79 bits per heavy atom. The molecule has 1 N–H and O–H groups in total. The standard InChI is InChI=1S/C20H26ClNO2/c1-12-3-4-17(21)18(5-12)24-13(2)19(23)22-20-9-14-6-15(10-20)8-16(7-14)11-20/h3-5,13-16H,6-11H2,1-2H3,(H,22,23). The van der Waals surface area contributed by atoms with Crippen LogP contribution in [0.3, 0.4) is 0 Å². The monoisotopic (exact) mass is 347 g/mol. The lowest BCUT2D eigenvalue weighted by molar-refractivity contribution is -0.133. The van der Waals surface area contributed by atoms with E-state index in [1.54, 1.807) is 0 Å². The summed E-state index contributed by atoms with van der Waals surface area (Å²) in [6.07, 6.45) is 7.06. The first kappa shape index (κ1) is 16.3. The largest absolute Gasteiger partial charge is 0.479 e. The molecule has 4 aliphatic rings. The van der Waals surface area contributed by atoms with Crippen LogP contribution >= 0.6 is 11.6 Å². The fraction of sp³-hybridized carbons (Fsp3) is 0.650. The van der Waals surface area contributed by atoms with Crippen molar-refractivity contribution < 1.29 is 9.53 Å². The molecule has 4 saturated carbocycles. The molecule has 1 atom stereocenters. The maximum absolute atomic E-state index is 12.7. The van der Waals surface area contributed by atoms with Gasteiger partial charge in [-0.15, -0.1) is 0 Å². The smallest absolute Gasteiger partial charge is 0.261 e. The number of carbonyl (C=O) groups excluding carboxylic acids is 1. The second-order valence-corrected chi connectivity index (χ2v) is 8.79. The summed E-state index contributed by atoms with van der Waals surface area (Å²) in [5.74, 6) is 3.04. The highest BCUT2D eigenvalue weighted by Gasteiger charge is 2.51. The van der Waals surface area contributed by atoms with Crippen LogP contribution in [0.5, 0.6) is 5.75 Å². The molecule has 130 valence electrons. The van der Waals surface area contributed by atoms with E-state index >= 15 is 0 Å². The summed E-state index contributed by atoms with van der Waals surface area (Å²) in [7, 11) is 0. The molecule has 0 heterocycles. The van der Waals surface area contributed by atoms with Crippen molar-refractivity contribution in [2.24, 2.45) is 17.8 Å². The maximum Gasteiger partial charge on any atom is 0.261 e. The van der Waals surface area contributed by atoms with Crippen molar-refractivity contribution >= 4 is 17.5 Å². The third-order valence-electron chi connectivity index (χ3n) is 6.19. The lowest BCUT2D eigenvalue weighted by atomic mass is 9.53. The van der Waals surface area contributed by atoms with E-state index < -0.39 is 6.10 Å². The average molecular weight is 348 g/mol. The van der Waals surface area contributed by atoms with Gasteiger partial charge in [-0.25, -0.2) is 0 Å². The summed E-state index contributed by atoms with van der Waals surface area (Å²) in [5.41, 5.74) is 1.10. The van der Waals surface area contributed by atoms with Crippen molar-refractivity contribution in [3.8, 4) is 5.75 Å². The molecule has 0 radical (unpaired) electrons. The predicted molar refractivity (Wildman–Crippen MR) is 95.3 cm³/mol. The van der Waals surface area contributed by atoms with Gasteiger partial charge in [0.2, 0.25) is 0 Å². The third-order valence-corrected chi connectivity index (χ3v) is 6.50. The van der Waals surface area contributed by atoms with Gasteiger partial charge in [0.1, 0.15) is 5.75 Å². The topological polar surface area (TPSA) is 38.3 Å². The minimum Gasteiger partial charge on any atom is -0.479 e. The first-order valence-corrected chi connectivity index (χ1v) is 9.55. The molecular weight excluding hydrogens is 322 g/mol. The Bertz CT molecular complexity index is 622. The number of nitrogens with one attached hydrogen (secondary N) is 1. The zero-order chi connectivity index (χ0) is 16.9. The molecule has 0 saturated heterocycles. The Labute approximate surface area is 149 Å². The van der Waals surface area contributed by atoms with Crippen molar-refractivity contribution in [1.82, 2.24) is 5.32 Å². The fourth-order valence-electron chi connectivity index (χ4n) is 5.57. The molecule has 24 heavy (non-hydrogen) atoms. The van der Waals surface area contributed by atoms with E-state index in [-0.39, 0.29) is 11.4 Å². The Morgan fingerprint density at radius 3 is 2.38 bits per heavy atom. The Hall–Kier alpha value is -1.22. The SMILES string of the molecule is Cc1ccc(Cl)c(OC(C)C(=O)NC23CC4CC(CC(C4)C2)C3)c1. The van der Waals surface area contributed by atoms with Gasteiger partial charge in [-0.2, -0.15) is 0 Å². The number of benzene rings is 1. The quantitative estimate of drug-likeness (QED) is 0.870. The van der Waals surface area contributed by atoms with Crippen LogP contribution in [0.4, 0.5) is 0 Å². The second-order valence-electron chi connectivity index (χ2n) is 8.38. The summed E-state index contributed by atoms with van der Waals surface area (Å²) in [4.78, 5) is 12.7. The van der Waals surface area contributed by atoms with Crippen molar-refractivity contribution in [2.75, 3.05) is 0 Å². The molecule has 1 amide bonds. The minimum atomic E-state index is -0.530. The first-order chi connectivity index (χ1) is 11.4. The number of aryl methyl sites for hydroxylation is 1. The summed E-state index contributed by atoms with van der Waals surface area (Å²) >= 11 is 6.19. The van der Waals surface area contributed by atoms with Gasteiger partial charge in [0.25, 0.3) is 5.91 Å². The summed E-state index contributed by atoms with van der Waals surface area (Å²) in [5, 5.41) is 3.92. The van der Waals surface area contributed by atoms with Crippen LogP contribution in [0.25, 0.3) is 0 Å². The van der Waals surface area contributed by atoms with Crippen molar-refractivity contribution in [2.45, 2.75) is 64.0 Å². The highest BCUT2D eigenvalue weighted by Crippen LogP contribution is 2.55. The van der Waals surface area contributed by atoms with Gasteiger partial charge in [0.05, 0.1) is 5.02 Å². The number of hydrogen-bond acceptors (Lipinski definition) is 2. The molecule has 4 bridgehead atoms. The van der Waals surface area contributed by atoms with Gasteiger partial charge in [0, 0.05) is 5.54 Å². The fourth-order valence-corrected chi connectivity index (χ4v) is 5.73. The molecule has 0 aliphatic heterocycles. The Morgan fingerprint density at radius 1 is 1.21 bits per heavy atom. The second kappa shape index (κ2) is 5.94. The van der Waals surface area contributed by atoms with Crippen molar-refractivity contribution in [1.29, 1.82) is 0 Å². The third kappa shape index (κ3) is 3.03. The average Bonchev–Trinajstić information content (AvgIpc) is 2.49. The molecule has 4 heteroatoms. The first-order valence-electron chi connectivity index (χ1n) is 9.17. The zero-order valence-electron chi connectivity index (χ0n) is 14.5. The number of ether oxygens (including phenoxy) is 1. The van der Waals surface area contributed by atoms with Crippen molar-refractivity contribution in [3.05, 3.63) is 28.8 Å². The summed E-state index contributed by atoms with van der Waals surface area (Å²) < 4.78 is 5.86.